The Balaban J connectivity index is 0.00000196. The zero-order valence-electron chi connectivity index (χ0n) is 14.4. The van der Waals surface area contributed by atoms with Crippen molar-refractivity contribution < 1.29 is 9.59 Å². The molecule has 2 aliphatic heterocycles. The van der Waals surface area contributed by atoms with Gasteiger partial charge in [-0.3, -0.25) is 9.59 Å². The third-order valence-corrected chi connectivity index (χ3v) is 4.89. The number of carbonyl (C=O) groups is 2. The Morgan fingerprint density at radius 2 is 1.96 bits per heavy atom. The highest BCUT2D eigenvalue weighted by atomic mass is 35.5. The molecule has 2 aromatic rings. The van der Waals surface area contributed by atoms with E-state index in [0.29, 0.717) is 17.8 Å². The van der Waals surface area contributed by atoms with Crippen molar-refractivity contribution in [3.63, 3.8) is 0 Å². The number of fused-ring (bicyclic) bond motifs is 1. The number of hydrogen-bond donors (Lipinski definition) is 2. The quantitative estimate of drug-likeness (QED) is 0.871. The molecule has 5 nitrogen and oxygen atoms in total. The Kier molecular flexibility index (Phi) is 5.59. The van der Waals surface area contributed by atoms with Gasteiger partial charge in [-0.25, -0.2) is 0 Å². The molecule has 0 radical (unpaired) electrons. The summed E-state index contributed by atoms with van der Waals surface area (Å²) < 4.78 is 0. The number of nitrogens with zero attached hydrogens (tertiary/aromatic N) is 1. The van der Waals surface area contributed by atoms with E-state index in [9.17, 15) is 9.59 Å². The molecule has 2 heterocycles. The lowest BCUT2D eigenvalue weighted by Gasteiger charge is -2.18. The first-order valence-electron chi connectivity index (χ1n) is 8.76. The van der Waals surface area contributed by atoms with Gasteiger partial charge in [0.1, 0.15) is 0 Å². The molecular weight excluding hydrogens is 350 g/mol. The van der Waals surface area contributed by atoms with Crippen molar-refractivity contribution in [1.29, 1.82) is 0 Å². The van der Waals surface area contributed by atoms with E-state index in [2.05, 4.69) is 16.7 Å². The fourth-order valence-electron chi connectivity index (χ4n) is 3.57. The number of amides is 2. The molecule has 26 heavy (non-hydrogen) atoms. The molecular formula is C20H22ClN3O2. The van der Waals surface area contributed by atoms with Crippen LogP contribution in [0.2, 0.25) is 0 Å². The average molecular weight is 372 g/mol. The van der Waals surface area contributed by atoms with E-state index < -0.39 is 0 Å². The number of halogens is 1. The fourth-order valence-corrected chi connectivity index (χ4v) is 3.57. The molecule has 0 spiro atoms. The van der Waals surface area contributed by atoms with E-state index >= 15 is 0 Å². The van der Waals surface area contributed by atoms with Crippen LogP contribution in [0.4, 0.5) is 11.4 Å². The van der Waals surface area contributed by atoms with Crippen LogP contribution in [0.5, 0.6) is 0 Å². The Labute approximate surface area is 159 Å². The van der Waals surface area contributed by atoms with Crippen LogP contribution < -0.4 is 15.5 Å². The van der Waals surface area contributed by atoms with Crippen LogP contribution in [-0.4, -0.2) is 30.9 Å². The minimum absolute atomic E-state index is 0. The van der Waals surface area contributed by atoms with Crippen LogP contribution in [-0.2, 0) is 11.2 Å². The molecule has 1 unspecified atom stereocenters. The molecule has 1 saturated heterocycles. The largest absolute Gasteiger partial charge is 0.325 e. The van der Waals surface area contributed by atoms with Gasteiger partial charge in [0.25, 0.3) is 5.91 Å². The second-order valence-corrected chi connectivity index (χ2v) is 6.55. The minimum atomic E-state index is -0.134. The second kappa shape index (κ2) is 7.89. The molecule has 0 saturated carbocycles. The number of anilines is 2. The topological polar surface area (TPSA) is 61.4 Å². The third-order valence-electron chi connectivity index (χ3n) is 4.89. The number of hydrogen-bond acceptors (Lipinski definition) is 3. The minimum Gasteiger partial charge on any atom is -0.325 e. The van der Waals surface area contributed by atoms with Crippen LogP contribution in [0.3, 0.4) is 0 Å². The van der Waals surface area contributed by atoms with E-state index in [1.54, 1.807) is 12.1 Å². The molecule has 2 N–H and O–H groups in total. The lowest BCUT2D eigenvalue weighted by atomic mass is 10.1. The van der Waals surface area contributed by atoms with Crippen molar-refractivity contribution in [1.82, 2.24) is 5.32 Å². The maximum Gasteiger partial charge on any atom is 0.258 e. The molecule has 0 bridgehead atoms. The van der Waals surface area contributed by atoms with Crippen molar-refractivity contribution in [2.24, 2.45) is 0 Å². The van der Waals surface area contributed by atoms with Gasteiger partial charge in [0.15, 0.2) is 0 Å². The predicted octanol–water partition coefficient (Wildman–Crippen LogP) is 3.00. The Bertz CT molecular complexity index is 818. The lowest BCUT2D eigenvalue weighted by molar-refractivity contribution is -0.117. The van der Waals surface area contributed by atoms with Crippen LogP contribution in [0.1, 0.15) is 28.8 Å². The summed E-state index contributed by atoms with van der Waals surface area (Å²) in [5, 5.41) is 6.10. The highest BCUT2D eigenvalue weighted by Gasteiger charge is 2.26. The maximum absolute atomic E-state index is 12.9. The van der Waals surface area contributed by atoms with Crippen molar-refractivity contribution in [3.8, 4) is 0 Å². The highest BCUT2D eigenvalue weighted by molar-refractivity contribution is 6.08. The molecule has 2 aromatic carbocycles. The summed E-state index contributed by atoms with van der Waals surface area (Å²) in [5.74, 6) is -0.0614. The average Bonchev–Trinajstić information content (AvgIpc) is 3.31. The van der Waals surface area contributed by atoms with Gasteiger partial charge in [0.2, 0.25) is 5.91 Å². The van der Waals surface area contributed by atoms with Crippen molar-refractivity contribution >= 4 is 35.6 Å². The molecule has 136 valence electrons. The van der Waals surface area contributed by atoms with Crippen LogP contribution in [0, 0.1) is 0 Å². The van der Waals surface area contributed by atoms with Crippen LogP contribution >= 0.6 is 12.4 Å². The van der Waals surface area contributed by atoms with Gasteiger partial charge in [-0.2, -0.15) is 0 Å². The van der Waals surface area contributed by atoms with Gasteiger partial charge in [0.05, 0.1) is 6.04 Å². The van der Waals surface area contributed by atoms with Gasteiger partial charge >= 0.3 is 0 Å². The Morgan fingerprint density at radius 1 is 1.12 bits per heavy atom. The summed E-state index contributed by atoms with van der Waals surface area (Å²) in [6, 6.07) is 15.1. The molecule has 1 fully saturated rings. The predicted molar refractivity (Wildman–Crippen MR) is 105 cm³/mol. The van der Waals surface area contributed by atoms with Crippen molar-refractivity contribution in [2.75, 3.05) is 23.3 Å². The van der Waals surface area contributed by atoms with E-state index in [0.717, 1.165) is 31.5 Å². The van der Waals surface area contributed by atoms with Crippen molar-refractivity contribution in [3.05, 3.63) is 59.7 Å². The summed E-state index contributed by atoms with van der Waals surface area (Å²) in [6.45, 7) is 1.58. The van der Waals surface area contributed by atoms with Crippen LogP contribution in [0.15, 0.2) is 48.5 Å². The van der Waals surface area contributed by atoms with Gasteiger partial charge in [0, 0.05) is 23.5 Å². The molecule has 2 aliphatic rings. The van der Waals surface area contributed by atoms with E-state index in [1.807, 2.05) is 35.2 Å². The molecule has 2 amide bonds. The fraction of sp³-hybridized carbons (Fsp3) is 0.300. The summed E-state index contributed by atoms with van der Waals surface area (Å²) in [6.07, 6.45) is 2.76. The summed E-state index contributed by atoms with van der Waals surface area (Å²) >= 11 is 0. The smallest absolute Gasteiger partial charge is 0.258 e. The monoisotopic (exact) mass is 371 g/mol. The molecule has 0 aromatic heterocycles. The standard InChI is InChI=1S/C20H21N3O2.ClH/c24-19(17-8-4-11-21-17)22-16-7-3-6-15(13-16)20(25)23-12-10-14-5-1-2-9-18(14)23;/h1-3,5-7,9,13,17,21H,4,8,10-12H2,(H,22,24);1H. The van der Waals surface area contributed by atoms with Gasteiger partial charge < -0.3 is 15.5 Å². The van der Waals surface area contributed by atoms with Crippen molar-refractivity contribution in [2.45, 2.75) is 25.3 Å². The normalized spacial score (nSPS) is 18.2. The van der Waals surface area contributed by atoms with E-state index in [-0.39, 0.29) is 30.3 Å². The van der Waals surface area contributed by atoms with Gasteiger partial charge in [-0.05, 0) is 55.6 Å². The summed E-state index contributed by atoms with van der Waals surface area (Å²) in [7, 11) is 0. The van der Waals surface area contributed by atoms with Gasteiger partial charge in [-0.1, -0.05) is 24.3 Å². The maximum atomic E-state index is 12.9. The zero-order chi connectivity index (χ0) is 17.2. The number of rotatable bonds is 3. The Hall–Kier alpha value is -2.37. The number of carbonyl (C=O) groups excluding carboxylic acids is 2. The van der Waals surface area contributed by atoms with Gasteiger partial charge in [-0.15, -0.1) is 12.4 Å². The summed E-state index contributed by atoms with van der Waals surface area (Å²) in [5.41, 5.74) is 3.44. The SMILES string of the molecule is Cl.O=C(Nc1cccc(C(=O)N2CCc3ccccc32)c1)C1CCCN1. The second-order valence-electron chi connectivity index (χ2n) is 6.55. The highest BCUT2D eigenvalue weighted by Crippen LogP contribution is 2.29. The Morgan fingerprint density at radius 3 is 2.77 bits per heavy atom. The van der Waals surface area contributed by atoms with E-state index in [4.69, 9.17) is 0 Å². The van der Waals surface area contributed by atoms with Crippen LogP contribution in [0.25, 0.3) is 0 Å². The number of para-hydroxylation sites is 1. The molecule has 6 heteroatoms. The molecule has 4 rings (SSSR count). The first kappa shape index (κ1) is 18.4. The third kappa shape index (κ3) is 3.59. The summed E-state index contributed by atoms with van der Waals surface area (Å²) in [4.78, 5) is 27.0. The first-order chi connectivity index (χ1) is 12.2. The number of benzene rings is 2. The van der Waals surface area contributed by atoms with E-state index in [1.165, 1.54) is 5.56 Å². The lowest BCUT2D eigenvalue weighted by Crippen LogP contribution is -2.35. The first-order valence-corrected chi connectivity index (χ1v) is 8.76. The molecule has 1 atom stereocenters. The zero-order valence-corrected chi connectivity index (χ0v) is 15.2. The molecule has 0 aliphatic carbocycles. The number of nitrogens with one attached hydrogen (secondary N) is 2.